The second-order valence-electron chi connectivity index (χ2n) is 3.28. The van der Waals surface area contributed by atoms with Gasteiger partial charge in [0.1, 0.15) is 10.8 Å². The predicted octanol–water partition coefficient (Wildman–Crippen LogP) is 2.59. The Balaban J connectivity index is 2.09. The Morgan fingerprint density at radius 1 is 1.53 bits per heavy atom. The molecular weight excluding hydrogens is 243 g/mol. The van der Waals surface area contributed by atoms with Crippen molar-refractivity contribution in [3.05, 3.63) is 46.2 Å². The van der Waals surface area contributed by atoms with Crippen LogP contribution in [0.5, 0.6) is 0 Å². The van der Waals surface area contributed by atoms with Crippen LogP contribution in [0.2, 0.25) is 0 Å². The quantitative estimate of drug-likeness (QED) is 0.878. The summed E-state index contributed by atoms with van der Waals surface area (Å²) in [6.07, 6.45) is 1.67. The van der Waals surface area contributed by atoms with E-state index in [1.165, 1.54) is 23.5 Å². The lowest BCUT2D eigenvalue weighted by Gasteiger charge is -2.06. The molecule has 4 nitrogen and oxygen atoms in total. The number of halogens is 1. The Morgan fingerprint density at radius 3 is 2.94 bits per heavy atom. The first-order valence-corrected chi connectivity index (χ1v) is 5.70. The Hall–Kier alpha value is -1.95. The molecule has 0 spiro atoms. The van der Waals surface area contributed by atoms with Crippen molar-refractivity contribution < 1.29 is 14.3 Å². The monoisotopic (exact) mass is 252 g/mol. The van der Waals surface area contributed by atoms with Crippen molar-refractivity contribution in [1.82, 2.24) is 4.98 Å². The number of benzene rings is 1. The SMILES string of the molecule is O=C(O)c1ccc(NCc2nccs2)c(F)c1. The Morgan fingerprint density at radius 2 is 2.35 bits per heavy atom. The second kappa shape index (κ2) is 4.92. The molecule has 0 unspecified atom stereocenters. The number of aromatic carboxylic acids is 1. The number of rotatable bonds is 4. The summed E-state index contributed by atoms with van der Waals surface area (Å²) in [5.74, 6) is -1.73. The standard InChI is InChI=1S/C11H9FN2O2S/c12-8-5-7(11(15)16)1-2-9(8)14-6-10-13-3-4-17-10/h1-5,14H,6H2,(H,15,16). The molecule has 17 heavy (non-hydrogen) atoms. The van der Waals surface area contributed by atoms with Gasteiger partial charge in [0.2, 0.25) is 0 Å². The fraction of sp³-hybridized carbons (Fsp3) is 0.0909. The number of nitrogens with one attached hydrogen (secondary N) is 1. The van der Waals surface area contributed by atoms with E-state index in [-0.39, 0.29) is 11.3 Å². The van der Waals surface area contributed by atoms with E-state index in [4.69, 9.17) is 5.11 Å². The molecule has 6 heteroatoms. The Bertz CT molecular complexity index is 528. The summed E-state index contributed by atoms with van der Waals surface area (Å²) in [5.41, 5.74) is 0.201. The lowest BCUT2D eigenvalue weighted by Crippen LogP contribution is -2.03. The number of aromatic nitrogens is 1. The van der Waals surface area contributed by atoms with Crippen molar-refractivity contribution in [2.45, 2.75) is 6.54 Å². The average Bonchev–Trinajstić information content (AvgIpc) is 2.80. The molecule has 2 aromatic rings. The van der Waals surface area contributed by atoms with Crippen LogP contribution in [0.3, 0.4) is 0 Å². The largest absolute Gasteiger partial charge is 0.478 e. The zero-order chi connectivity index (χ0) is 12.3. The molecule has 1 aromatic carbocycles. The summed E-state index contributed by atoms with van der Waals surface area (Å²) in [4.78, 5) is 14.7. The summed E-state index contributed by atoms with van der Waals surface area (Å²) in [5, 5.41) is 14.2. The van der Waals surface area contributed by atoms with Gasteiger partial charge in [-0.25, -0.2) is 14.2 Å². The highest BCUT2D eigenvalue weighted by Gasteiger charge is 2.08. The zero-order valence-electron chi connectivity index (χ0n) is 8.68. The molecule has 0 aliphatic heterocycles. The first-order valence-electron chi connectivity index (χ1n) is 4.82. The van der Waals surface area contributed by atoms with E-state index in [9.17, 15) is 9.18 Å². The number of hydrogen-bond donors (Lipinski definition) is 2. The van der Waals surface area contributed by atoms with Gasteiger partial charge in [-0.3, -0.25) is 0 Å². The van der Waals surface area contributed by atoms with Gasteiger partial charge in [-0.2, -0.15) is 0 Å². The van der Waals surface area contributed by atoms with Gasteiger partial charge in [0, 0.05) is 11.6 Å². The molecular formula is C11H9FN2O2S. The molecule has 0 amide bonds. The number of carboxylic acid groups (broad SMARTS) is 1. The summed E-state index contributed by atoms with van der Waals surface area (Å²) < 4.78 is 13.5. The fourth-order valence-corrected chi connectivity index (χ4v) is 1.86. The Labute approximate surface area is 101 Å². The molecule has 0 bridgehead atoms. The number of thiazole rings is 1. The maximum atomic E-state index is 13.5. The van der Waals surface area contributed by atoms with Crippen molar-refractivity contribution >= 4 is 23.0 Å². The summed E-state index contributed by atoms with van der Waals surface area (Å²) in [6, 6.07) is 3.76. The highest BCUT2D eigenvalue weighted by atomic mass is 32.1. The number of anilines is 1. The summed E-state index contributed by atoms with van der Waals surface area (Å²) in [6.45, 7) is 0.418. The third-order valence-electron chi connectivity index (χ3n) is 2.13. The molecule has 0 atom stereocenters. The van der Waals surface area contributed by atoms with Crippen molar-refractivity contribution in [3.8, 4) is 0 Å². The van der Waals surface area contributed by atoms with Gasteiger partial charge in [-0.15, -0.1) is 11.3 Å². The molecule has 0 radical (unpaired) electrons. The van der Waals surface area contributed by atoms with Crippen LogP contribution in [0.15, 0.2) is 29.8 Å². The van der Waals surface area contributed by atoms with Gasteiger partial charge in [-0.1, -0.05) is 0 Å². The topological polar surface area (TPSA) is 62.2 Å². The minimum absolute atomic E-state index is 0.0673. The fourth-order valence-electron chi connectivity index (χ4n) is 1.30. The Kier molecular flexibility index (Phi) is 3.34. The van der Waals surface area contributed by atoms with Crippen molar-refractivity contribution in [1.29, 1.82) is 0 Å². The highest BCUT2D eigenvalue weighted by Crippen LogP contribution is 2.17. The van der Waals surface area contributed by atoms with Crippen LogP contribution < -0.4 is 5.32 Å². The van der Waals surface area contributed by atoms with E-state index >= 15 is 0 Å². The molecule has 2 N–H and O–H groups in total. The maximum Gasteiger partial charge on any atom is 0.335 e. The van der Waals surface area contributed by atoms with Crippen molar-refractivity contribution in [2.75, 3.05) is 5.32 Å². The molecule has 2 rings (SSSR count). The van der Waals surface area contributed by atoms with Crippen LogP contribution in [-0.4, -0.2) is 16.1 Å². The molecule has 0 aliphatic rings. The number of nitrogens with zero attached hydrogens (tertiary/aromatic N) is 1. The summed E-state index contributed by atoms with van der Waals surface area (Å²) in [7, 11) is 0. The van der Waals surface area contributed by atoms with E-state index in [1.807, 2.05) is 5.38 Å². The van der Waals surface area contributed by atoms with E-state index in [0.29, 0.717) is 6.54 Å². The molecule has 1 heterocycles. The van der Waals surface area contributed by atoms with Crippen LogP contribution in [0.1, 0.15) is 15.4 Å². The minimum Gasteiger partial charge on any atom is -0.478 e. The molecule has 1 aromatic heterocycles. The minimum atomic E-state index is -1.14. The number of carbonyl (C=O) groups is 1. The average molecular weight is 252 g/mol. The van der Waals surface area contributed by atoms with Gasteiger partial charge in [0.25, 0.3) is 0 Å². The van der Waals surface area contributed by atoms with Gasteiger partial charge >= 0.3 is 5.97 Å². The van der Waals surface area contributed by atoms with E-state index in [2.05, 4.69) is 10.3 Å². The third kappa shape index (κ3) is 2.79. The van der Waals surface area contributed by atoms with Gasteiger partial charge in [0.15, 0.2) is 0 Å². The van der Waals surface area contributed by atoms with Gasteiger partial charge in [0.05, 0.1) is 17.8 Å². The first-order chi connectivity index (χ1) is 8.16. The van der Waals surface area contributed by atoms with Crippen molar-refractivity contribution in [3.63, 3.8) is 0 Å². The van der Waals surface area contributed by atoms with Gasteiger partial charge < -0.3 is 10.4 Å². The normalized spacial score (nSPS) is 10.2. The molecule has 0 fully saturated rings. The zero-order valence-corrected chi connectivity index (χ0v) is 9.50. The smallest absolute Gasteiger partial charge is 0.335 e. The maximum absolute atomic E-state index is 13.5. The highest BCUT2D eigenvalue weighted by molar-refractivity contribution is 7.09. The predicted molar refractivity (Wildman–Crippen MR) is 62.8 cm³/mol. The first kappa shape index (κ1) is 11.5. The number of hydrogen-bond acceptors (Lipinski definition) is 4. The van der Waals surface area contributed by atoms with Crippen molar-refractivity contribution in [2.24, 2.45) is 0 Å². The molecule has 88 valence electrons. The van der Waals surface area contributed by atoms with Gasteiger partial charge in [-0.05, 0) is 18.2 Å². The third-order valence-corrected chi connectivity index (χ3v) is 2.91. The summed E-state index contributed by atoms with van der Waals surface area (Å²) >= 11 is 1.47. The van der Waals surface area contributed by atoms with Crippen LogP contribution >= 0.6 is 11.3 Å². The van der Waals surface area contributed by atoms with Crippen LogP contribution in [-0.2, 0) is 6.54 Å². The van der Waals surface area contributed by atoms with Crippen LogP contribution in [0, 0.1) is 5.82 Å². The van der Waals surface area contributed by atoms with E-state index in [0.717, 1.165) is 11.1 Å². The molecule has 0 saturated heterocycles. The van der Waals surface area contributed by atoms with Crippen LogP contribution in [0.4, 0.5) is 10.1 Å². The van der Waals surface area contributed by atoms with Crippen LogP contribution in [0.25, 0.3) is 0 Å². The molecule has 0 aliphatic carbocycles. The lowest BCUT2D eigenvalue weighted by molar-refractivity contribution is 0.0696. The number of carboxylic acids is 1. The van der Waals surface area contributed by atoms with E-state index in [1.54, 1.807) is 6.20 Å². The molecule has 0 saturated carbocycles. The lowest BCUT2D eigenvalue weighted by atomic mass is 10.2. The van der Waals surface area contributed by atoms with E-state index < -0.39 is 11.8 Å². The second-order valence-corrected chi connectivity index (χ2v) is 4.26.